The van der Waals surface area contributed by atoms with Gasteiger partial charge in [-0.3, -0.25) is 4.68 Å². The van der Waals surface area contributed by atoms with Crippen molar-refractivity contribution in [1.82, 2.24) is 20.4 Å². The van der Waals surface area contributed by atoms with Crippen LogP contribution < -0.4 is 10.6 Å². The van der Waals surface area contributed by atoms with Crippen LogP contribution in [0, 0.1) is 12.3 Å². The molecule has 112 valence electrons. The Morgan fingerprint density at radius 3 is 2.45 bits per heavy atom. The van der Waals surface area contributed by atoms with Gasteiger partial charge in [0.25, 0.3) is 0 Å². The van der Waals surface area contributed by atoms with Crippen LogP contribution in [-0.2, 0) is 18.4 Å². The number of hydrogen-bond donors (Lipinski definition) is 3. The number of aromatic nitrogens is 2. The highest BCUT2D eigenvalue weighted by molar-refractivity contribution is 5.83. The highest BCUT2D eigenvalue weighted by atomic mass is 16.4. The summed E-state index contributed by atoms with van der Waals surface area (Å²) in [6.07, 6.45) is 1.67. The van der Waals surface area contributed by atoms with E-state index in [-0.39, 0.29) is 0 Å². The molecule has 0 aliphatic carbocycles. The standard InChI is InChI=1S/C13H22N4O3/c1-8-9(7-15-17(8)5)6-14-12(20)16-10(11(18)19)13(2,3)4/h7,10H,6H2,1-5H3,(H,18,19)(H2,14,16,20)/t10-/m0/s1. The molecule has 0 saturated heterocycles. The molecule has 2 amide bonds. The molecule has 0 bridgehead atoms. The lowest BCUT2D eigenvalue weighted by atomic mass is 9.87. The molecule has 0 fully saturated rings. The lowest BCUT2D eigenvalue weighted by Gasteiger charge is -2.27. The number of carboxylic acids is 1. The average Bonchev–Trinajstić information content (AvgIpc) is 2.62. The van der Waals surface area contributed by atoms with Gasteiger partial charge in [0, 0.05) is 24.8 Å². The van der Waals surface area contributed by atoms with Gasteiger partial charge in [-0.2, -0.15) is 5.10 Å². The monoisotopic (exact) mass is 282 g/mol. The van der Waals surface area contributed by atoms with Gasteiger partial charge in [0.15, 0.2) is 0 Å². The number of amides is 2. The Balaban J connectivity index is 2.59. The summed E-state index contributed by atoms with van der Waals surface area (Å²) in [6.45, 7) is 7.49. The molecular formula is C13H22N4O3. The van der Waals surface area contributed by atoms with Crippen molar-refractivity contribution in [1.29, 1.82) is 0 Å². The van der Waals surface area contributed by atoms with Crippen molar-refractivity contribution in [2.45, 2.75) is 40.3 Å². The Bertz CT molecular complexity index is 502. The van der Waals surface area contributed by atoms with Crippen molar-refractivity contribution in [2.24, 2.45) is 12.5 Å². The summed E-state index contributed by atoms with van der Waals surface area (Å²) in [6, 6.07) is -1.45. The topological polar surface area (TPSA) is 96.2 Å². The van der Waals surface area contributed by atoms with Gasteiger partial charge in [-0.25, -0.2) is 9.59 Å². The number of aryl methyl sites for hydroxylation is 1. The van der Waals surface area contributed by atoms with Crippen LogP contribution in [0.2, 0.25) is 0 Å². The van der Waals surface area contributed by atoms with E-state index in [1.54, 1.807) is 31.6 Å². The molecule has 1 heterocycles. The molecule has 3 N–H and O–H groups in total. The van der Waals surface area contributed by atoms with E-state index < -0.39 is 23.5 Å². The lowest BCUT2D eigenvalue weighted by molar-refractivity contribution is -0.141. The Morgan fingerprint density at radius 1 is 1.45 bits per heavy atom. The zero-order valence-electron chi connectivity index (χ0n) is 12.5. The molecule has 1 atom stereocenters. The van der Waals surface area contributed by atoms with E-state index in [0.717, 1.165) is 11.3 Å². The summed E-state index contributed by atoms with van der Waals surface area (Å²) >= 11 is 0. The first-order valence-corrected chi connectivity index (χ1v) is 6.37. The molecule has 0 aliphatic rings. The van der Waals surface area contributed by atoms with Gasteiger partial charge in [0.05, 0.1) is 6.20 Å². The molecule has 0 unspecified atom stereocenters. The molecule has 0 spiro atoms. The zero-order chi connectivity index (χ0) is 15.5. The lowest BCUT2D eigenvalue weighted by Crippen LogP contribution is -2.52. The number of rotatable bonds is 4. The highest BCUT2D eigenvalue weighted by Crippen LogP contribution is 2.19. The van der Waals surface area contributed by atoms with Crippen LogP contribution in [0.5, 0.6) is 0 Å². The third kappa shape index (κ3) is 3.97. The van der Waals surface area contributed by atoms with Gasteiger partial charge in [-0.15, -0.1) is 0 Å². The number of aliphatic carboxylic acids is 1. The number of nitrogens with zero attached hydrogens (tertiary/aromatic N) is 2. The first kappa shape index (κ1) is 16.0. The summed E-state index contributed by atoms with van der Waals surface area (Å²) in [5, 5.41) is 18.3. The summed E-state index contributed by atoms with van der Waals surface area (Å²) in [4.78, 5) is 22.9. The molecule has 0 aliphatic heterocycles. The fourth-order valence-corrected chi connectivity index (χ4v) is 1.72. The third-order valence-corrected chi connectivity index (χ3v) is 3.16. The highest BCUT2D eigenvalue weighted by Gasteiger charge is 2.32. The SMILES string of the molecule is Cc1c(CNC(=O)N[C@@H](C(=O)O)C(C)(C)C)cnn1C. The second-order valence-corrected chi connectivity index (χ2v) is 5.84. The number of urea groups is 1. The number of carboxylic acid groups (broad SMARTS) is 1. The minimum Gasteiger partial charge on any atom is -0.480 e. The maximum absolute atomic E-state index is 11.8. The quantitative estimate of drug-likeness (QED) is 0.768. The predicted octanol–water partition coefficient (Wildman–Crippen LogP) is 1.03. The number of carbonyl (C=O) groups excluding carboxylic acids is 1. The summed E-state index contributed by atoms with van der Waals surface area (Å²) in [5.74, 6) is -1.05. The molecule has 1 rings (SSSR count). The molecule has 7 heteroatoms. The van der Waals surface area contributed by atoms with Gasteiger partial charge >= 0.3 is 12.0 Å². The van der Waals surface area contributed by atoms with Gasteiger partial charge in [-0.05, 0) is 12.3 Å². The summed E-state index contributed by atoms with van der Waals surface area (Å²) in [7, 11) is 1.82. The molecule has 7 nitrogen and oxygen atoms in total. The normalized spacial score (nSPS) is 12.8. The van der Waals surface area contributed by atoms with Crippen molar-refractivity contribution in [3.8, 4) is 0 Å². The fraction of sp³-hybridized carbons (Fsp3) is 0.615. The van der Waals surface area contributed by atoms with E-state index >= 15 is 0 Å². The summed E-state index contributed by atoms with van der Waals surface area (Å²) in [5.41, 5.74) is 1.29. The molecule has 0 aromatic carbocycles. The Kier molecular flexibility index (Phi) is 4.75. The smallest absolute Gasteiger partial charge is 0.326 e. The Labute approximate surface area is 118 Å². The van der Waals surface area contributed by atoms with Crippen molar-refractivity contribution in [3.05, 3.63) is 17.5 Å². The minimum absolute atomic E-state index is 0.308. The van der Waals surface area contributed by atoms with E-state index in [9.17, 15) is 9.59 Å². The second-order valence-electron chi connectivity index (χ2n) is 5.84. The molecular weight excluding hydrogens is 260 g/mol. The van der Waals surface area contributed by atoms with Crippen LogP contribution in [0.4, 0.5) is 4.79 Å². The predicted molar refractivity (Wildman–Crippen MR) is 74.2 cm³/mol. The Morgan fingerprint density at radius 2 is 2.05 bits per heavy atom. The first-order valence-electron chi connectivity index (χ1n) is 6.37. The van der Waals surface area contributed by atoms with Crippen LogP contribution in [-0.4, -0.2) is 32.9 Å². The van der Waals surface area contributed by atoms with E-state index in [2.05, 4.69) is 15.7 Å². The Hall–Kier alpha value is -2.05. The van der Waals surface area contributed by atoms with E-state index in [4.69, 9.17) is 5.11 Å². The van der Waals surface area contributed by atoms with Crippen molar-refractivity contribution in [2.75, 3.05) is 0 Å². The zero-order valence-corrected chi connectivity index (χ0v) is 12.5. The molecule has 0 radical (unpaired) electrons. The number of nitrogens with one attached hydrogen (secondary N) is 2. The van der Waals surface area contributed by atoms with Crippen LogP contribution in [0.1, 0.15) is 32.0 Å². The molecule has 0 saturated carbocycles. The third-order valence-electron chi connectivity index (χ3n) is 3.16. The molecule has 1 aromatic rings. The number of carbonyl (C=O) groups is 2. The van der Waals surface area contributed by atoms with E-state index in [1.165, 1.54) is 0 Å². The van der Waals surface area contributed by atoms with Gasteiger partial charge in [-0.1, -0.05) is 20.8 Å². The van der Waals surface area contributed by atoms with Crippen molar-refractivity contribution in [3.63, 3.8) is 0 Å². The second kappa shape index (κ2) is 5.94. The fourth-order valence-electron chi connectivity index (χ4n) is 1.72. The average molecular weight is 282 g/mol. The van der Waals surface area contributed by atoms with E-state index in [0.29, 0.717) is 6.54 Å². The van der Waals surface area contributed by atoms with Crippen LogP contribution in [0.25, 0.3) is 0 Å². The summed E-state index contributed by atoms with van der Waals surface area (Å²) < 4.78 is 1.71. The first-order chi connectivity index (χ1) is 9.12. The van der Waals surface area contributed by atoms with Crippen LogP contribution >= 0.6 is 0 Å². The van der Waals surface area contributed by atoms with Gasteiger partial charge in [0.2, 0.25) is 0 Å². The molecule has 1 aromatic heterocycles. The number of hydrogen-bond acceptors (Lipinski definition) is 3. The molecule has 20 heavy (non-hydrogen) atoms. The minimum atomic E-state index is -1.05. The van der Waals surface area contributed by atoms with Crippen molar-refractivity contribution < 1.29 is 14.7 Å². The maximum Gasteiger partial charge on any atom is 0.326 e. The van der Waals surface area contributed by atoms with Crippen molar-refractivity contribution >= 4 is 12.0 Å². The van der Waals surface area contributed by atoms with E-state index in [1.807, 2.05) is 14.0 Å². The maximum atomic E-state index is 11.8. The van der Waals surface area contributed by atoms with Crippen LogP contribution in [0.3, 0.4) is 0 Å². The van der Waals surface area contributed by atoms with Gasteiger partial charge < -0.3 is 15.7 Å². The largest absolute Gasteiger partial charge is 0.480 e. The van der Waals surface area contributed by atoms with Crippen LogP contribution in [0.15, 0.2) is 6.20 Å². The van der Waals surface area contributed by atoms with Gasteiger partial charge in [0.1, 0.15) is 6.04 Å².